The molecule has 3 rings (SSSR count). The minimum atomic E-state index is -0.147. The van der Waals surface area contributed by atoms with Crippen LogP contribution >= 0.6 is 0 Å². The average Bonchev–Trinajstić information content (AvgIpc) is 2.71. The molecule has 1 N–H and O–H groups in total. The van der Waals surface area contributed by atoms with Crippen LogP contribution in [0.15, 0.2) is 54.3 Å². The van der Waals surface area contributed by atoms with Gasteiger partial charge in [0.05, 0.1) is 6.26 Å². The zero-order valence-corrected chi connectivity index (χ0v) is 13.5. The van der Waals surface area contributed by atoms with E-state index in [4.69, 9.17) is 4.74 Å². The molecule has 2 aromatic rings. The molecule has 3 nitrogen and oxygen atoms in total. The highest BCUT2D eigenvalue weighted by atomic mass is 16.5. The normalized spacial score (nSPS) is 12.7. The summed E-state index contributed by atoms with van der Waals surface area (Å²) in [5.74, 6) is 0.604. The van der Waals surface area contributed by atoms with Gasteiger partial charge in [-0.2, -0.15) is 0 Å². The molecule has 0 aliphatic carbocycles. The Kier molecular flexibility index (Phi) is 4.02. The second-order valence-electron chi connectivity index (χ2n) is 5.83. The highest BCUT2D eigenvalue weighted by Crippen LogP contribution is 2.26. The van der Waals surface area contributed by atoms with Crippen molar-refractivity contribution < 1.29 is 9.53 Å². The summed E-state index contributed by atoms with van der Waals surface area (Å²) in [7, 11) is 0. The number of amides is 1. The predicted octanol–water partition coefficient (Wildman–Crippen LogP) is 4.54. The van der Waals surface area contributed by atoms with E-state index in [0.29, 0.717) is 5.57 Å². The maximum atomic E-state index is 12.6. The molecule has 23 heavy (non-hydrogen) atoms. The number of carbonyl (C=O) groups excluding carboxylic acids is 1. The lowest BCUT2D eigenvalue weighted by Crippen LogP contribution is -2.14. The topological polar surface area (TPSA) is 38.3 Å². The molecule has 0 saturated carbocycles. The van der Waals surface area contributed by atoms with Crippen molar-refractivity contribution in [1.82, 2.24) is 0 Å². The van der Waals surface area contributed by atoms with Gasteiger partial charge in [0.25, 0.3) is 5.91 Å². The molecule has 0 aromatic heterocycles. The smallest absolute Gasteiger partial charge is 0.255 e. The number of fused-ring (bicyclic) bond motifs is 1. The first-order chi connectivity index (χ1) is 11.0. The Balaban J connectivity index is 1.89. The van der Waals surface area contributed by atoms with E-state index >= 15 is 0 Å². The van der Waals surface area contributed by atoms with Gasteiger partial charge in [0.1, 0.15) is 5.75 Å². The molecule has 3 heteroatoms. The maximum absolute atomic E-state index is 12.6. The number of hydrogen-bond acceptors (Lipinski definition) is 2. The van der Waals surface area contributed by atoms with Crippen LogP contribution < -0.4 is 10.1 Å². The van der Waals surface area contributed by atoms with Crippen molar-refractivity contribution in [2.24, 2.45) is 0 Å². The van der Waals surface area contributed by atoms with Gasteiger partial charge >= 0.3 is 0 Å². The molecule has 0 atom stereocenters. The number of nitrogens with one attached hydrogen (secondary N) is 1. The monoisotopic (exact) mass is 305 g/mol. The van der Waals surface area contributed by atoms with Crippen molar-refractivity contribution in [1.29, 1.82) is 0 Å². The molecule has 0 saturated heterocycles. The zero-order valence-electron chi connectivity index (χ0n) is 13.5. The van der Waals surface area contributed by atoms with Gasteiger partial charge in [-0.3, -0.25) is 4.79 Å². The van der Waals surface area contributed by atoms with E-state index in [1.165, 1.54) is 5.56 Å². The first-order valence-electron chi connectivity index (χ1n) is 7.57. The summed E-state index contributed by atoms with van der Waals surface area (Å²) in [4.78, 5) is 12.6. The van der Waals surface area contributed by atoms with Crippen molar-refractivity contribution in [3.8, 4) is 5.75 Å². The van der Waals surface area contributed by atoms with Crippen LogP contribution in [0.2, 0.25) is 0 Å². The third-order valence-corrected chi connectivity index (χ3v) is 3.81. The lowest BCUT2D eigenvalue weighted by molar-refractivity contribution is -0.112. The molecule has 0 spiro atoms. The largest absolute Gasteiger partial charge is 0.464 e. The Morgan fingerprint density at radius 2 is 1.74 bits per heavy atom. The molecule has 2 aromatic carbocycles. The number of aryl methyl sites for hydroxylation is 3. The molecular weight excluding hydrogens is 286 g/mol. The van der Waals surface area contributed by atoms with Crippen LogP contribution in [0.3, 0.4) is 0 Å². The molecule has 116 valence electrons. The fraction of sp³-hybridized carbons (Fsp3) is 0.150. The van der Waals surface area contributed by atoms with Crippen LogP contribution in [0.25, 0.3) is 6.08 Å². The molecule has 1 amide bonds. The van der Waals surface area contributed by atoms with Crippen LogP contribution in [0.4, 0.5) is 5.69 Å². The Morgan fingerprint density at radius 3 is 2.52 bits per heavy atom. The van der Waals surface area contributed by atoms with Crippen LogP contribution in [-0.2, 0) is 4.79 Å². The van der Waals surface area contributed by atoms with Crippen molar-refractivity contribution in [2.75, 3.05) is 5.32 Å². The summed E-state index contributed by atoms with van der Waals surface area (Å²) >= 11 is 0. The van der Waals surface area contributed by atoms with Gasteiger partial charge in [-0.15, -0.1) is 0 Å². The number of hydrogen-bond donors (Lipinski definition) is 1. The first kappa shape index (κ1) is 15.1. The average molecular weight is 305 g/mol. The van der Waals surface area contributed by atoms with Gasteiger partial charge in [0.2, 0.25) is 0 Å². The van der Waals surface area contributed by atoms with E-state index in [2.05, 4.69) is 11.4 Å². The summed E-state index contributed by atoms with van der Waals surface area (Å²) < 4.78 is 5.56. The molecule has 0 bridgehead atoms. The van der Waals surface area contributed by atoms with Gasteiger partial charge in [-0.25, -0.2) is 0 Å². The van der Waals surface area contributed by atoms with E-state index in [1.807, 2.05) is 57.2 Å². The predicted molar refractivity (Wildman–Crippen MR) is 93.5 cm³/mol. The third-order valence-electron chi connectivity index (χ3n) is 3.81. The summed E-state index contributed by atoms with van der Waals surface area (Å²) in [6, 6.07) is 11.9. The number of rotatable bonds is 2. The van der Waals surface area contributed by atoms with Gasteiger partial charge in [0.15, 0.2) is 0 Å². The van der Waals surface area contributed by atoms with E-state index in [9.17, 15) is 4.79 Å². The van der Waals surface area contributed by atoms with E-state index < -0.39 is 0 Å². The molecule has 1 aliphatic heterocycles. The molecule has 0 unspecified atom stereocenters. The fourth-order valence-corrected chi connectivity index (χ4v) is 2.57. The molecular formula is C20H19NO2. The Labute approximate surface area is 136 Å². The summed E-state index contributed by atoms with van der Waals surface area (Å²) in [5.41, 5.74) is 5.63. The van der Waals surface area contributed by atoms with Gasteiger partial charge < -0.3 is 10.1 Å². The Bertz CT molecular complexity index is 832. The Hall–Kier alpha value is -2.81. The summed E-state index contributed by atoms with van der Waals surface area (Å²) in [6.07, 6.45) is 5.09. The van der Waals surface area contributed by atoms with Crippen LogP contribution in [0.5, 0.6) is 5.75 Å². The number of carbonyl (C=O) groups is 1. The van der Waals surface area contributed by atoms with E-state index in [-0.39, 0.29) is 5.91 Å². The number of ether oxygens (including phenoxy) is 1. The highest BCUT2D eigenvalue weighted by Gasteiger charge is 2.13. The van der Waals surface area contributed by atoms with Crippen molar-refractivity contribution in [3.05, 3.63) is 76.6 Å². The number of benzene rings is 2. The van der Waals surface area contributed by atoms with Crippen molar-refractivity contribution in [3.63, 3.8) is 0 Å². The second-order valence-corrected chi connectivity index (χ2v) is 5.83. The molecule has 0 radical (unpaired) electrons. The quantitative estimate of drug-likeness (QED) is 0.884. The minimum absolute atomic E-state index is 0.147. The van der Waals surface area contributed by atoms with E-state index in [0.717, 1.165) is 28.1 Å². The van der Waals surface area contributed by atoms with Gasteiger partial charge in [-0.1, -0.05) is 29.3 Å². The molecule has 0 fully saturated rings. The molecule has 1 heterocycles. The maximum Gasteiger partial charge on any atom is 0.255 e. The lowest BCUT2D eigenvalue weighted by atomic mass is 10.1. The summed E-state index contributed by atoms with van der Waals surface area (Å²) in [6.45, 7) is 6.04. The van der Waals surface area contributed by atoms with Crippen LogP contribution in [0, 0.1) is 20.8 Å². The van der Waals surface area contributed by atoms with Gasteiger partial charge in [-0.05, 0) is 56.7 Å². The third kappa shape index (κ3) is 3.34. The standard InChI is InChI=1S/C20H19NO2/c1-13-4-6-18(15(3)10-13)21-20(22)16-8-9-23-19-7-5-14(2)11-17(19)12-16/h4-12H,1-3H3,(H,21,22). The molecule has 1 aliphatic rings. The second kappa shape index (κ2) is 6.13. The first-order valence-corrected chi connectivity index (χ1v) is 7.57. The van der Waals surface area contributed by atoms with Gasteiger partial charge in [0, 0.05) is 16.8 Å². The van der Waals surface area contributed by atoms with Crippen LogP contribution in [-0.4, -0.2) is 5.91 Å². The van der Waals surface area contributed by atoms with Crippen LogP contribution in [0.1, 0.15) is 22.3 Å². The number of anilines is 1. The summed E-state index contributed by atoms with van der Waals surface area (Å²) in [5, 5.41) is 2.97. The lowest BCUT2D eigenvalue weighted by Gasteiger charge is -2.09. The minimum Gasteiger partial charge on any atom is -0.464 e. The fourth-order valence-electron chi connectivity index (χ4n) is 2.57. The van der Waals surface area contributed by atoms with Crippen molar-refractivity contribution in [2.45, 2.75) is 20.8 Å². The Morgan fingerprint density at radius 1 is 1.00 bits per heavy atom. The zero-order chi connectivity index (χ0) is 16.4. The SMILES string of the molecule is Cc1ccc(NC(=O)C2=Cc3cc(C)ccc3OC=C2)c(C)c1. The van der Waals surface area contributed by atoms with E-state index in [1.54, 1.807) is 12.3 Å². The highest BCUT2D eigenvalue weighted by molar-refractivity contribution is 6.09. The van der Waals surface area contributed by atoms with Crippen molar-refractivity contribution >= 4 is 17.7 Å².